The monoisotopic (exact) mass is 242 g/mol. The first-order valence-electron chi connectivity index (χ1n) is 6.96. The molecule has 0 radical (unpaired) electrons. The van der Waals surface area contributed by atoms with E-state index in [1.54, 1.807) is 0 Å². The van der Waals surface area contributed by atoms with Gasteiger partial charge >= 0.3 is 0 Å². The summed E-state index contributed by atoms with van der Waals surface area (Å²) in [6.45, 7) is 4.50. The molecule has 1 aromatic carbocycles. The molecule has 0 fully saturated rings. The van der Waals surface area contributed by atoms with Crippen LogP contribution in [-0.4, -0.2) is 4.57 Å². The van der Waals surface area contributed by atoms with Gasteiger partial charge < -0.3 is 10.3 Å². The molecule has 1 unspecified atom stereocenters. The van der Waals surface area contributed by atoms with Gasteiger partial charge in [0.1, 0.15) is 0 Å². The number of rotatable bonds is 1. The van der Waals surface area contributed by atoms with E-state index in [4.69, 9.17) is 5.73 Å². The van der Waals surface area contributed by atoms with E-state index < -0.39 is 0 Å². The molecule has 2 N–H and O–H groups in total. The number of hydrogen-bond acceptors (Lipinski definition) is 1. The van der Waals surface area contributed by atoms with Gasteiger partial charge in [-0.05, 0) is 48.4 Å². The predicted octanol–water partition coefficient (Wildman–Crippen LogP) is 3.64. The zero-order valence-corrected chi connectivity index (χ0v) is 11.5. The molecular weight excluding hydrogens is 220 g/mol. The molecule has 1 heterocycles. The summed E-state index contributed by atoms with van der Waals surface area (Å²) in [7, 11) is 2.15. The summed E-state index contributed by atoms with van der Waals surface area (Å²) in [5.74, 6) is 0.586. The van der Waals surface area contributed by atoms with Gasteiger partial charge in [-0.15, -0.1) is 0 Å². The molecule has 0 amide bonds. The molecule has 18 heavy (non-hydrogen) atoms. The second-order valence-electron chi connectivity index (χ2n) is 5.85. The number of nitrogens with two attached hydrogens (primary N) is 1. The Morgan fingerprint density at radius 1 is 1.33 bits per heavy atom. The summed E-state index contributed by atoms with van der Waals surface area (Å²) < 4.78 is 2.30. The van der Waals surface area contributed by atoms with E-state index in [2.05, 4.69) is 43.7 Å². The average Bonchev–Trinajstić information content (AvgIpc) is 2.64. The maximum absolute atomic E-state index is 6.29. The minimum atomic E-state index is 0.216. The third kappa shape index (κ3) is 1.59. The zero-order valence-electron chi connectivity index (χ0n) is 11.5. The van der Waals surface area contributed by atoms with Crippen molar-refractivity contribution in [2.45, 2.75) is 45.1 Å². The first kappa shape index (κ1) is 11.8. The largest absolute Gasteiger partial charge is 0.346 e. The molecular formula is C16H22N2. The van der Waals surface area contributed by atoms with Crippen molar-refractivity contribution in [3.63, 3.8) is 0 Å². The van der Waals surface area contributed by atoms with E-state index in [-0.39, 0.29) is 6.04 Å². The van der Waals surface area contributed by atoms with Gasteiger partial charge in [0.25, 0.3) is 0 Å². The van der Waals surface area contributed by atoms with E-state index in [0.29, 0.717) is 5.92 Å². The van der Waals surface area contributed by atoms with Crippen LogP contribution in [0.2, 0.25) is 0 Å². The van der Waals surface area contributed by atoms with Crippen molar-refractivity contribution in [3.8, 4) is 0 Å². The molecule has 2 nitrogen and oxygen atoms in total. The second kappa shape index (κ2) is 4.13. The fraction of sp³-hybridized carbons (Fsp3) is 0.500. The highest BCUT2D eigenvalue weighted by Gasteiger charge is 2.24. The van der Waals surface area contributed by atoms with Crippen LogP contribution in [0.3, 0.4) is 0 Å². The van der Waals surface area contributed by atoms with Crippen LogP contribution in [0, 0.1) is 0 Å². The van der Waals surface area contributed by atoms with Gasteiger partial charge in [-0.2, -0.15) is 0 Å². The molecule has 1 atom stereocenters. The lowest BCUT2D eigenvalue weighted by Gasteiger charge is -2.20. The van der Waals surface area contributed by atoms with E-state index >= 15 is 0 Å². The zero-order chi connectivity index (χ0) is 12.9. The van der Waals surface area contributed by atoms with Crippen molar-refractivity contribution in [1.82, 2.24) is 4.57 Å². The Kier molecular flexibility index (Phi) is 2.70. The van der Waals surface area contributed by atoms with Crippen LogP contribution >= 0.6 is 0 Å². The topological polar surface area (TPSA) is 30.9 Å². The summed E-state index contributed by atoms with van der Waals surface area (Å²) in [6.07, 6.45) is 3.52. The summed E-state index contributed by atoms with van der Waals surface area (Å²) >= 11 is 0. The van der Waals surface area contributed by atoms with E-state index in [0.717, 1.165) is 6.42 Å². The molecule has 1 aliphatic rings. The molecule has 2 aromatic rings. The molecule has 3 rings (SSSR count). The summed E-state index contributed by atoms with van der Waals surface area (Å²) in [5.41, 5.74) is 11.9. The predicted molar refractivity (Wildman–Crippen MR) is 76.9 cm³/mol. The smallest absolute Gasteiger partial charge is 0.0483 e. The number of aryl methyl sites for hydroxylation is 2. The van der Waals surface area contributed by atoms with Crippen molar-refractivity contribution in [2.24, 2.45) is 12.8 Å². The maximum Gasteiger partial charge on any atom is 0.0483 e. The van der Waals surface area contributed by atoms with Crippen LogP contribution < -0.4 is 5.73 Å². The quantitative estimate of drug-likeness (QED) is 0.813. The van der Waals surface area contributed by atoms with Crippen LogP contribution in [0.4, 0.5) is 0 Å². The van der Waals surface area contributed by atoms with Gasteiger partial charge in [0.2, 0.25) is 0 Å². The summed E-state index contributed by atoms with van der Waals surface area (Å²) in [5, 5.41) is 1.42. The Balaban J connectivity index is 2.29. The minimum absolute atomic E-state index is 0.216. The Morgan fingerprint density at radius 3 is 2.83 bits per heavy atom. The van der Waals surface area contributed by atoms with Crippen molar-refractivity contribution in [1.29, 1.82) is 0 Å². The number of hydrogen-bond donors (Lipinski definition) is 1. The van der Waals surface area contributed by atoms with Crippen LogP contribution in [0.25, 0.3) is 10.9 Å². The third-order valence-corrected chi connectivity index (χ3v) is 4.34. The first-order valence-corrected chi connectivity index (χ1v) is 6.96. The SMILES string of the molecule is CC(C)c1ccc2c(c1)c1c(n2C)C(N)CCC1. The Bertz CT molecular complexity index is 593. The molecule has 96 valence electrons. The van der Waals surface area contributed by atoms with Gasteiger partial charge in [0.05, 0.1) is 0 Å². The highest BCUT2D eigenvalue weighted by atomic mass is 15.0. The minimum Gasteiger partial charge on any atom is -0.346 e. The van der Waals surface area contributed by atoms with Gasteiger partial charge in [-0.1, -0.05) is 19.9 Å². The van der Waals surface area contributed by atoms with Crippen molar-refractivity contribution in [3.05, 3.63) is 35.0 Å². The normalized spacial score (nSPS) is 19.5. The fourth-order valence-corrected chi connectivity index (χ4v) is 3.29. The van der Waals surface area contributed by atoms with Crippen LogP contribution in [0.15, 0.2) is 18.2 Å². The maximum atomic E-state index is 6.29. The Hall–Kier alpha value is -1.28. The number of aromatic nitrogens is 1. The van der Waals surface area contributed by atoms with Gasteiger partial charge in [-0.3, -0.25) is 0 Å². The molecule has 0 bridgehead atoms. The molecule has 0 spiro atoms. The average molecular weight is 242 g/mol. The number of nitrogens with zero attached hydrogens (tertiary/aromatic N) is 1. The molecule has 1 aliphatic carbocycles. The van der Waals surface area contributed by atoms with Crippen molar-refractivity contribution in [2.75, 3.05) is 0 Å². The molecule has 0 aliphatic heterocycles. The van der Waals surface area contributed by atoms with Crippen LogP contribution in [-0.2, 0) is 13.5 Å². The molecule has 0 saturated heterocycles. The van der Waals surface area contributed by atoms with E-state index in [1.807, 2.05) is 0 Å². The third-order valence-electron chi connectivity index (χ3n) is 4.34. The highest BCUT2D eigenvalue weighted by Crippen LogP contribution is 2.36. The summed E-state index contributed by atoms with van der Waals surface area (Å²) in [4.78, 5) is 0. The lowest BCUT2D eigenvalue weighted by molar-refractivity contribution is 0.542. The van der Waals surface area contributed by atoms with Crippen LogP contribution in [0.5, 0.6) is 0 Å². The van der Waals surface area contributed by atoms with E-state index in [9.17, 15) is 0 Å². The lowest BCUT2D eigenvalue weighted by atomic mass is 9.91. The fourth-order valence-electron chi connectivity index (χ4n) is 3.29. The van der Waals surface area contributed by atoms with Crippen molar-refractivity contribution >= 4 is 10.9 Å². The molecule has 2 heteroatoms. The first-order chi connectivity index (χ1) is 8.59. The van der Waals surface area contributed by atoms with E-state index in [1.165, 1.54) is 40.6 Å². The Labute approximate surface area is 109 Å². The summed E-state index contributed by atoms with van der Waals surface area (Å²) in [6, 6.07) is 7.10. The lowest BCUT2D eigenvalue weighted by Crippen LogP contribution is -2.19. The highest BCUT2D eigenvalue weighted by molar-refractivity contribution is 5.86. The van der Waals surface area contributed by atoms with Gasteiger partial charge in [0, 0.05) is 29.7 Å². The standard InChI is InChI=1S/C16H22N2/c1-10(2)11-7-8-15-13(9-11)12-5-4-6-14(17)16(12)18(15)3/h7-10,14H,4-6,17H2,1-3H3. The number of benzene rings is 1. The molecule has 0 saturated carbocycles. The van der Waals surface area contributed by atoms with Crippen LogP contribution in [0.1, 0.15) is 55.5 Å². The number of fused-ring (bicyclic) bond motifs is 3. The molecule has 1 aromatic heterocycles. The second-order valence-corrected chi connectivity index (χ2v) is 5.85. The van der Waals surface area contributed by atoms with Gasteiger partial charge in [-0.25, -0.2) is 0 Å². The Morgan fingerprint density at radius 2 is 2.11 bits per heavy atom. The van der Waals surface area contributed by atoms with Crippen molar-refractivity contribution < 1.29 is 0 Å². The van der Waals surface area contributed by atoms with Gasteiger partial charge in [0.15, 0.2) is 0 Å².